The van der Waals surface area contributed by atoms with Gasteiger partial charge >= 0.3 is 0 Å². The highest BCUT2D eigenvalue weighted by Crippen LogP contribution is 2.33. The van der Waals surface area contributed by atoms with Gasteiger partial charge in [0.25, 0.3) is 0 Å². The second kappa shape index (κ2) is 4.84. The first-order chi connectivity index (χ1) is 7.27. The Morgan fingerprint density at radius 3 is 2.67 bits per heavy atom. The van der Waals surface area contributed by atoms with E-state index in [9.17, 15) is 0 Å². The summed E-state index contributed by atoms with van der Waals surface area (Å²) in [7, 11) is 0. The van der Waals surface area contributed by atoms with Gasteiger partial charge in [-0.2, -0.15) is 0 Å². The van der Waals surface area contributed by atoms with Gasteiger partial charge in [0, 0.05) is 12.1 Å². The molecule has 2 nitrogen and oxygen atoms in total. The van der Waals surface area contributed by atoms with Crippen molar-refractivity contribution < 1.29 is 0 Å². The zero-order chi connectivity index (χ0) is 10.7. The smallest absolute Gasteiger partial charge is 0.0231 e. The highest BCUT2D eigenvalue weighted by molar-refractivity contribution is 4.95. The lowest BCUT2D eigenvalue weighted by Crippen LogP contribution is -2.56. The standard InChI is InChI=1S/C13H26N2/c1-3-13(6-8-14-9-7-13)15-10-4-5-12(2)11-15/h12,14H,3-11H2,1-2H3. The number of piperidine rings is 2. The van der Waals surface area contributed by atoms with Crippen molar-refractivity contribution in [1.29, 1.82) is 0 Å². The third-order valence-electron chi connectivity index (χ3n) is 4.52. The Hall–Kier alpha value is -0.0800. The molecular weight excluding hydrogens is 184 g/mol. The van der Waals surface area contributed by atoms with E-state index in [4.69, 9.17) is 0 Å². The first-order valence-corrected chi connectivity index (χ1v) is 6.72. The maximum Gasteiger partial charge on any atom is 0.0231 e. The zero-order valence-corrected chi connectivity index (χ0v) is 10.4. The molecule has 0 aromatic rings. The largest absolute Gasteiger partial charge is 0.317 e. The third-order valence-corrected chi connectivity index (χ3v) is 4.52. The lowest BCUT2D eigenvalue weighted by Gasteiger charge is -2.49. The molecule has 1 atom stereocenters. The second-order valence-electron chi connectivity index (χ2n) is 5.52. The van der Waals surface area contributed by atoms with Crippen molar-refractivity contribution in [3.8, 4) is 0 Å². The van der Waals surface area contributed by atoms with Gasteiger partial charge in [-0.25, -0.2) is 0 Å². The summed E-state index contributed by atoms with van der Waals surface area (Å²) in [6.07, 6.45) is 6.90. The topological polar surface area (TPSA) is 15.3 Å². The van der Waals surface area contributed by atoms with Crippen LogP contribution in [0.25, 0.3) is 0 Å². The van der Waals surface area contributed by atoms with E-state index in [0.717, 1.165) is 5.92 Å². The quantitative estimate of drug-likeness (QED) is 0.752. The molecule has 0 aromatic heterocycles. The molecule has 88 valence electrons. The summed E-state index contributed by atoms with van der Waals surface area (Å²) >= 11 is 0. The van der Waals surface area contributed by atoms with Crippen LogP contribution in [0.2, 0.25) is 0 Å². The van der Waals surface area contributed by atoms with E-state index in [2.05, 4.69) is 24.1 Å². The van der Waals surface area contributed by atoms with E-state index in [1.807, 2.05) is 0 Å². The van der Waals surface area contributed by atoms with E-state index in [1.165, 1.54) is 58.3 Å². The third kappa shape index (κ3) is 2.36. The van der Waals surface area contributed by atoms with Gasteiger partial charge in [-0.05, 0) is 57.7 Å². The maximum atomic E-state index is 3.50. The number of hydrogen-bond donors (Lipinski definition) is 1. The molecule has 0 aliphatic carbocycles. The Morgan fingerprint density at radius 1 is 1.33 bits per heavy atom. The second-order valence-corrected chi connectivity index (χ2v) is 5.52. The number of nitrogens with zero attached hydrogens (tertiary/aromatic N) is 1. The monoisotopic (exact) mass is 210 g/mol. The predicted molar refractivity (Wildman–Crippen MR) is 65.1 cm³/mol. The minimum absolute atomic E-state index is 0.542. The minimum atomic E-state index is 0.542. The molecule has 2 aliphatic rings. The van der Waals surface area contributed by atoms with Crippen molar-refractivity contribution in [1.82, 2.24) is 10.2 Å². The zero-order valence-electron chi connectivity index (χ0n) is 10.4. The Morgan fingerprint density at radius 2 is 2.07 bits per heavy atom. The van der Waals surface area contributed by atoms with Crippen LogP contribution >= 0.6 is 0 Å². The Bertz CT molecular complexity index is 197. The van der Waals surface area contributed by atoms with Gasteiger partial charge < -0.3 is 5.32 Å². The molecule has 2 saturated heterocycles. The maximum absolute atomic E-state index is 3.50. The van der Waals surface area contributed by atoms with Crippen LogP contribution in [-0.4, -0.2) is 36.6 Å². The minimum Gasteiger partial charge on any atom is -0.317 e. The van der Waals surface area contributed by atoms with Crippen LogP contribution in [0, 0.1) is 5.92 Å². The average molecular weight is 210 g/mol. The summed E-state index contributed by atoms with van der Waals surface area (Å²) in [6, 6.07) is 0. The van der Waals surface area contributed by atoms with E-state index in [0.29, 0.717) is 5.54 Å². The average Bonchev–Trinajstić information content (AvgIpc) is 2.30. The Labute approximate surface area is 94.4 Å². The molecule has 2 heteroatoms. The summed E-state index contributed by atoms with van der Waals surface area (Å²) in [6.45, 7) is 9.92. The fraction of sp³-hybridized carbons (Fsp3) is 1.00. The molecular formula is C13H26N2. The molecule has 1 unspecified atom stereocenters. The van der Waals surface area contributed by atoms with E-state index in [1.54, 1.807) is 0 Å². The van der Waals surface area contributed by atoms with Gasteiger partial charge in [-0.3, -0.25) is 4.90 Å². The van der Waals surface area contributed by atoms with Crippen LogP contribution in [0.5, 0.6) is 0 Å². The summed E-state index contributed by atoms with van der Waals surface area (Å²) < 4.78 is 0. The van der Waals surface area contributed by atoms with Crippen molar-refractivity contribution in [3.05, 3.63) is 0 Å². The first-order valence-electron chi connectivity index (χ1n) is 6.72. The molecule has 2 rings (SSSR count). The molecule has 0 spiro atoms. The molecule has 2 aliphatic heterocycles. The molecule has 0 radical (unpaired) electrons. The van der Waals surface area contributed by atoms with Crippen molar-refractivity contribution in [2.24, 2.45) is 5.92 Å². The molecule has 0 aromatic carbocycles. The van der Waals surface area contributed by atoms with Gasteiger partial charge in [0.05, 0.1) is 0 Å². The van der Waals surface area contributed by atoms with Crippen molar-refractivity contribution in [2.45, 2.75) is 51.5 Å². The summed E-state index contributed by atoms with van der Waals surface area (Å²) in [5.74, 6) is 0.914. The normalized spacial score (nSPS) is 32.8. The number of rotatable bonds is 2. The van der Waals surface area contributed by atoms with Gasteiger partial charge in [-0.15, -0.1) is 0 Å². The summed E-state index contributed by atoms with van der Waals surface area (Å²) in [4.78, 5) is 2.81. The van der Waals surface area contributed by atoms with Crippen molar-refractivity contribution >= 4 is 0 Å². The van der Waals surface area contributed by atoms with E-state index in [-0.39, 0.29) is 0 Å². The van der Waals surface area contributed by atoms with Crippen LogP contribution in [-0.2, 0) is 0 Å². The van der Waals surface area contributed by atoms with Crippen LogP contribution in [0.3, 0.4) is 0 Å². The van der Waals surface area contributed by atoms with Crippen molar-refractivity contribution in [2.75, 3.05) is 26.2 Å². The van der Waals surface area contributed by atoms with Gasteiger partial charge in [-0.1, -0.05) is 13.8 Å². The number of hydrogen-bond acceptors (Lipinski definition) is 2. The van der Waals surface area contributed by atoms with Gasteiger partial charge in [0.15, 0.2) is 0 Å². The SMILES string of the molecule is CCC1(N2CCCC(C)C2)CCNCC1. The van der Waals surface area contributed by atoms with Gasteiger partial charge in [0.1, 0.15) is 0 Å². The molecule has 1 N–H and O–H groups in total. The summed E-state index contributed by atoms with van der Waals surface area (Å²) in [5.41, 5.74) is 0.542. The highest BCUT2D eigenvalue weighted by Gasteiger charge is 2.37. The highest BCUT2D eigenvalue weighted by atomic mass is 15.2. The predicted octanol–water partition coefficient (Wildman–Crippen LogP) is 2.25. The van der Waals surface area contributed by atoms with E-state index < -0.39 is 0 Å². The fourth-order valence-corrected chi connectivity index (χ4v) is 3.41. The van der Waals surface area contributed by atoms with Crippen LogP contribution < -0.4 is 5.32 Å². The summed E-state index contributed by atoms with van der Waals surface area (Å²) in [5, 5.41) is 3.50. The number of likely N-dealkylation sites (tertiary alicyclic amines) is 1. The number of nitrogens with one attached hydrogen (secondary N) is 1. The Balaban J connectivity index is 2.03. The molecule has 2 fully saturated rings. The van der Waals surface area contributed by atoms with Crippen LogP contribution in [0.4, 0.5) is 0 Å². The fourth-order valence-electron chi connectivity index (χ4n) is 3.41. The molecule has 0 saturated carbocycles. The molecule has 0 amide bonds. The Kier molecular flexibility index (Phi) is 3.68. The lowest BCUT2D eigenvalue weighted by atomic mass is 9.81. The van der Waals surface area contributed by atoms with E-state index >= 15 is 0 Å². The van der Waals surface area contributed by atoms with Crippen molar-refractivity contribution in [3.63, 3.8) is 0 Å². The molecule has 2 heterocycles. The van der Waals surface area contributed by atoms with Crippen LogP contribution in [0.1, 0.15) is 46.0 Å². The first kappa shape index (κ1) is 11.4. The molecule has 0 bridgehead atoms. The van der Waals surface area contributed by atoms with Crippen LogP contribution in [0.15, 0.2) is 0 Å². The molecule has 15 heavy (non-hydrogen) atoms. The van der Waals surface area contributed by atoms with Gasteiger partial charge in [0.2, 0.25) is 0 Å². The lowest BCUT2D eigenvalue weighted by molar-refractivity contribution is 0.0193.